The van der Waals surface area contributed by atoms with Gasteiger partial charge in [-0.05, 0) is 86.6 Å². The van der Waals surface area contributed by atoms with Crippen LogP contribution in [0.4, 0.5) is 0 Å². The van der Waals surface area contributed by atoms with Crippen molar-refractivity contribution in [1.29, 1.82) is 0 Å². The van der Waals surface area contributed by atoms with Crippen LogP contribution < -0.4 is 38.1 Å². The van der Waals surface area contributed by atoms with Gasteiger partial charge in [0, 0.05) is 17.1 Å². The second kappa shape index (κ2) is 24.2. The van der Waals surface area contributed by atoms with E-state index in [0.717, 1.165) is 16.5 Å². The molecule has 0 aliphatic rings. The van der Waals surface area contributed by atoms with Crippen molar-refractivity contribution >= 4 is 75.9 Å². The van der Waals surface area contributed by atoms with E-state index in [0.29, 0.717) is 30.9 Å². The van der Waals surface area contributed by atoms with Gasteiger partial charge >= 0.3 is 11.9 Å². The number of H-pyrrole nitrogens is 1. The summed E-state index contributed by atoms with van der Waals surface area (Å²) in [5.41, 5.74) is 13.6. The number of aliphatic carboxylic acids is 2. The highest BCUT2D eigenvalue weighted by atomic mass is 32.2. The minimum absolute atomic E-state index is 0.0798. The minimum atomic E-state index is -1.65. The van der Waals surface area contributed by atoms with E-state index in [2.05, 4.69) is 31.6 Å². The van der Waals surface area contributed by atoms with E-state index in [-0.39, 0.29) is 25.7 Å². The third kappa shape index (κ3) is 15.7. The maximum Gasteiger partial charge on any atom is 0.326 e. The molecule has 1 aromatic heterocycles. The molecule has 6 atom stereocenters. The maximum atomic E-state index is 13.6. The van der Waals surface area contributed by atoms with Gasteiger partial charge in [-0.25, -0.2) is 4.79 Å². The molecule has 1 heterocycles. The Kier molecular flexibility index (Phi) is 20.6. The van der Waals surface area contributed by atoms with Crippen LogP contribution >= 0.6 is 23.5 Å². The number of thioether (sulfide) groups is 2. The van der Waals surface area contributed by atoms with E-state index >= 15 is 0 Å². The molecule has 0 saturated carbocycles. The number of carbonyl (C=O) groups excluding carboxylic acids is 5. The number of fused-ring (bicyclic) bond motifs is 1. The average molecular weight is 809 g/mol. The first kappa shape index (κ1) is 46.8. The number of nitrogens with two attached hydrogens (primary N) is 2. The van der Waals surface area contributed by atoms with Gasteiger partial charge in [-0.15, -0.1) is 0 Å². The fourth-order valence-electron chi connectivity index (χ4n) is 5.65. The Morgan fingerprint density at radius 2 is 1.27 bits per heavy atom. The smallest absolute Gasteiger partial charge is 0.326 e. The first-order valence-electron chi connectivity index (χ1n) is 18.1. The van der Waals surface area contributed by atoms with Crippen LogP contribution in [0.1, 0.15) is 57.9 Å². The Balaban J connectivity index is 2.23. The zero-order valence-electron chi connectivity index (χ0n) is 31.7. The van der Waals surface area contributed by atoms with E-state index < -0.39 is 90.1 Å². The number of amides is 5. The van der Waals surface area contributed by atoms with Crippen molar-refractivity contribution in [3.05, 3.63) is 36.0 Å². The summed E-state index contributed by atoms with van der Waals surface area (Å²) >= 11 is 2.79. The molecule has 0 spiro atoms. The van der Waals surface area contributed by atoms with Crippen LogP contribution in [0.5, 0.6) is 0 Å². The highest BCUT2D eigenvalue weighted by Gasteiger charge is 2.34. The van der Waals surface area contributed by atoms with E-state index in [1.54, 1.807) is 32.6 Å². The lowest BCUT2D eigenvalue weighted by molar-refractivity contribution is -0.142. The van der Waals surface area contributed by atoms with Gasteiger partial charge in [0.15, 0.2) is 0 Å². The van der Waals surface area contributed by atoms with Crippen molar-refractivity contribution in [2.24, 2.45) is 17.4 Å². The molecule has 0 bridgehead atoms. The second-order valence-corrected chi connectivity index (χ2v) is 15.4. The van der Waals surface area contributed by atoms with Crippen molar-refractivity contribution in [2.75, 3.05) is 30.6 Å². The van der Waals surface area contributed by atoms with Crippen LogP contribution in [0.3, 0.4) is 0 Å². The van der Waals surface area contributed by atoms with Gasteiger partial charge < -0.3 is 53.2 Å². The molecule has 0 unspecified atom stereocenters. The lowest BCUT2D eigenvalue weighted by atomic mass is 10.0. The molecule has 0 radical (unpaired) electrons. The molecule has 0 aliphatic carbocycles. The van der Waals surface area contributed by atoms with Gasteiger partial charge in [-0.2, -0.15) is 23.5 Å². The molecule has 19 heteroatoms. The van der Waals surface area contributed by atoms with Crippen LogP contribution in [0.25, 0.3) is 10.9 Å². The maximum absolute atomic E-state index is 13.6. The number of hydrogen-bond donors (Lipinski definition) is 10. The lowest BCUT2D eigenvalue weighted by Gasteiger charge is -2.28. The van der Waals surface area contributed by atoms with Gasteiger partial charge in [0.05, 0.1) is 12.5 Å². The molecule has 55 heavy (non-hydrogen) atoms. The number of unbranched alkanes of at least 4 members (excludes halogenated alkanes) is 1. The molecule has 17 nitrogen and oxygen atoms in total. The van der Waals surface area contributed by atoms with Crippen molar-refractivity contribution in [1.82, 2.24) is 31.6 Å². The lowest BCUT2D eigenvalue weighted by Crippen LogP contribution is -2.60. The van der Waals surface area contributed by atoms with E-state index in [1.165, 1.54) is 23.5 Å². The van der Waals surface area contributed by atoms with E-state index in [9.17, 15) is 43.8 Å². The third-order valence-electron chi connectivity index (χ3n) is 8.76. The van der Waals surface area contributed by atoms with Crippen LogP contribution in [-0.4, -0.2) is 123 Å². The molecule has 5 amide bonds. The molecule has 0 fully saturated rings. The topological polar surface area (TPSA) is 288 Å². The van der Waals surface area contributed by atoms with Crippen LogP contribution in [0.15, 0.2) is 30.5 Å². The van der Waals surface area contributed by atoms with Gasteiger partial charge in [0.1, 0.15) is 30.2 Å². The highest BCUT2D eigenvalue weighted by Crippen LogP contribution is 2.19. The molecular weight excluding hydrogens is 753 g/mol. The largest absolute Gasteiger partial charge is 0.481 e. The Hall–Kier alpha value is -4.33. The number of para-hydroxylation sites is 1. The summed E-state index contributed by atoms with van der Waals surface area (Å²) in [5, 5.41) is 32.8. The molecule has 0 aliphatic heterocycles. The summed E-state index contributed by atoms with van der Waals surface area (Å²) in [6.45, 7) is 3.64. The number of hydrogen-bond acceptors (Lipinski definition) is 11. The average Bonchev–Trinajstić information content (AvgIpc) is 3.54. The van der Waals surface area contributed by atoms with Gasteiger partial charge in [-0.1, -0.05) is 32.0 Å². The fourth-order valence-corrected chi connectivity index (χ4v) is 6.59. The number of carboxylic acids is 2. The summed E-state index contributed by atoms with van der Waals surface area (Å²) in [4.78, 5) is 94.0. The summed E-state index contributed by atoms with van der Waals surface area (Å²) in [7, 11) is 0. The number of aromatic amines is 1. The van der Waals surface area contributed by atoms with Crippen molar-refractivity contribution in [3.63, 3.8) is 0 Å². The monoisotopic (exact) mass is 808 g/mol. The summed E-state index contributed by atoms with van der Waals surface area (Å²) in [5.74, 6) is -6.16. The zero-order valence-corrected chi connectivity index (χ0v) is 33.4. The molecule has 12 N–H and O–H groups in total. The Morgan fingerprint density at radius 3 is 1.87 bits per heavy atom. The number of benzene rings is 1. The SMILES string of the molecule is CSCC[C@H](NC(=O)[C@H](CC(=O)O)NC(=O)[C@H](CCCCN)NC(=O)[C@@H](N)Cc1c[nH]c2ccccc12)C(=O)N[C@H](C(=O)N[C@H](CCSC)C(=O)O)C(C)C. The quantitative estimate of drug-likeness (QED) is 0.0574. The Morgan fingerprint density at radius 1 is 0.727 bits per heavy atom. The third-order valence-corrected chi connectivity index (χ3v) is 10.0. The summed E-state index contributed by atoms with van der Waals surface area (Å²) in [6.07, 6.45) is 5.97. The molecule has 0 saturated heterocycles. The standard InChI is InChI=1S/C36H56N8O9S2/c1-20(2)30(35(51)42-27(36(52)53)13-16-55-4)44-33(49)26(12-15-54-3)41-34(50)28(18-29(45)46)43-32(48)25(11-7-8-14-37)40-31(47)23(38)17-21-19-39-24-10-6-5-9-22(21)24/h5-6,9-10,19-20,23,25-28,30,39H,7-8,11-18,37-38H2,1-4H3,(H,40,47)(H,41,50)(H,42,51)(H,43,48)(H,44,49)(H,45,46)(H,52,53)/t23-,25-,26-,27+,28-,30-/m0/s1. The number of nitrogens with one attached hydrogen (secondary N) is 6. The first-order valence-corrected chi connectivity index (χ1v) is 20.9. The minimum Gasteiger partial charge on any atom is -0.481 e. The van der Waals surface area contributed by atoms with E-state index in [4.69, 9.17) is 11.5 Å². The van der Waals surface area contributed by atoms with Crippen LogP contribution in [0, 0.1) is 5.92 Å². The van der Waals surface area contributed by atoms with Gasteiger partial charge in [-0.3, -0.25) is 28.8 Å². The van der Waals surface area contributed by atoms with Crippen molar-refractivity contribution in [2.45, 2.75) is 95.0 Å². The Bertz CT molecular complexity index is 1610. The molecule has 2 aromatic rings. The van der Waals surface area contributed by atoms with Gasteiger partial charge in [0.2, 0.25) is 29.5 Å². The van der Waals surface area contributed by atoms with Crippen molar-refractivity contribution in [3.8, 4) is 0 Å². The fraction of sp³-hybridized carbons (Fsp3) is 0.583. The van der Waals surface area contributed by atoms with E-state index in [1.807, 2.05) is 24.3 Å². The molecular formula is C36H56N8O9S2. The second-order valence-electron chi connectivity index (χ2n) is 13.4. The first-order chi connectivity index (χ1) is 26.1. The molecule has 2 rings (SSSR count). The number of aromatic nitrogens is 1. The van der Waals surface area contributed by atoms with Gasteiger partial charge in [0.25, 0.3) is 0 Å². The predicted octanol–water partition coefficient (Wildman–Crippen LogP) is 0.312. The highest BCUT2D eigenvalue weighted by molar-refractivity contribution is 7.98. The predicted molar refractivity (Wildman–Crippen MR) is 213 cm³/mol. The molecule has 306 valence electrons. The zero-order chi connectivity index (χ0) is 41.1. The molecule has 1 aromatic carbocycles. The summed E-state index contributed by atoms with van der Waals surface area (Å²) < 4.78 is 0. The number of carboxylic acid groups (broad SMARTS) is 2. The summed E-state index contributed by atoms with van der Waals surface area (Å²) in [6, 6.07) is 0.0332. The van der Waals surface area contributed by atoms with Crippen LogP contribution in [-0.2, 0) is 40.0 Å². The number of carbonyl (C=O) groups is 7. The van der Waals surface area contributed by atoms with Crippen LogP contribution in [0.2, 0.25) is 0 Å². The normalized spacial score (nSPS) is 14.5. The number of rotatable bonds is 26. The Labute approximate surface area is 329 Å². The van der Waals surface area contributed by atoms with Crippen molar-refractivity contribution < 1.29 is 43.8 Å².